The molecule has 4 nitrogen and oxygen atoms in total. The number of fused-ring (bicyclic) bond motifs is 1. The molecule has 0 saturated heterocycles. The molecule has 1 aromatic heterocycles. The van der Waals surface area contributed by atoms with Crippen molar-refractivity contribution < 1.29 is 13.6 Å². The minimum absolute atomic E-state index is 0.213. The molecular formula is C14H17F2N3OS. The second kappa shape index (κ2) is 6.03. The van der Waals surface area contributed by atoms with Crippen LogP contribution in [0.2, 0.25) is 0 Å². The monoisotopic (exact) mass is 313 g/mol. The van der Waals surface area contributed by atoms with Gasteiger partial charge in [-0.1, -0.05) is 25.2 Å². The number of rotatable bonds is 5. The SMILES string of the molecule is CCC(CC)(CN)C(=O)Nc1nc2cc(F)c(F)cc2s1. The fourth-order valence-electron chi connectivity index (χ4n) is 2.16. The second-order valence-corrected chi connectivity index (χ2v) is 5.93. The van der Waals surface area contributed by atoms with Crippen molar-refractivity contribution in [2.45, 2.75) is 26.7 Å². The van der Waals surface area contributed by atoms with Gasteiger partial charge < -0.3 is 11.1 Å². The summed E-state index contributed by atoms with van der Waals surface area (Å²) in [5.74, 6) is -2.10. The number of aromatic nitrogens is 1. The largest absolute Gasteiger partial charge is 0.329 e. The van der Waals surface area contributed by atoms with Crippen LogP contribution in [0.25, 0.3) is 10.2 Å². The molecule has 1 heterocycles. The Bertz CT molecular complexity index is 620. The number of nitrogens with one attached hydrogen (secondary N) is 1. The maximum absolute atomic E-state index is 13.2. The number of thiazole rings is 1. The van der Waals surface area contributed by atoms with Crippen LogP contribution in [0.15, 0.2) is 12.1 Å². The van der Waals surface area contributed by atoms with Crippen LogP contribution in [-0.2, 0) is 4.79 Å². The molecule has 0 unspecified atom stereocenters. The molecule has 3 N–H and O–H groups in total. The van der Waals surface area contributed by atoms with E-state index in [9.17, 15) is 13.6 Å². The summed E-state index contributed by atoms with van der Waals surface area (Å²) in [6.45, 7) is 4.04. The third-order valence-corrected chi connectivity index (χ3v) is 4.81. The summed E-state index contributed by atoms with van der Waals surface area (Å²) in [7, 11) is 0. The van der Waals surface area contributed by atoms with E-state index < -0.39 is 17.0 Å². The molecule has 2 rings (SSSR count). The van der Waals surface area contributed by atoms with Crippen LogP contribution in [0.1, 0.15) is 26.7 Å². The minimum Gasteiger partial charge on any atom is -0.329 e. The van der Waals surface area contributed by atoms with Crippen LogP contribution in [-0.4, -0.2) is 17.4 Å². The van der Waals surface area contributed by atoms with Gasteiger partial charge in [0.1, 0.15) is 0 Å². The van der Waals surface area contributed by atoms with E-state index in [1.54, 1.807) is 0 Å². The van der Waals surface area contributed by atoms with Crippen molar-refractivity contribution in [2.75, 3.05) is 11.9 Å². The Labute approximate surface area is 125 Å². The smallest absolute Gasteiger partial charge is 0.233 e. The van der Waals surface area contributed by atoms with Gasteiger partial charge in [0.25, 0.3) is 0 Å². The Balaban J connectivity index is 2.29. The number of nitrogens with two attached hydrogens (primary N) is 1. The standard InChI is InChI=1S/C14H17F2N3OS/c1-3-14(4-2,7-17)12(20)19-13-18-10-5-8(15)9(16)6-11(10)21-13/h5-6H,3-4,7,17H2,1-2H3,(H,18,19,20). The fourth-order valence-corrected chi connectivity index (χ4v) is 3.03. The predicted octanol–water partition coefficient (Wildman–Crippen LogP) is 3.28. The van der Waals surface area contributed by atoms with Crippen molar-refractivity contribution in [3.05, 3.63) is 23.8 Å². The number of halogens is 2. The van der Waals surface area contributed by atoms with E-state index in [1.165, 1.54) is 0 Å². The van der Waals surface area contributed by atoms with Gasteiger partial charge in [0.05, 0.1) is 15.6 Å². The summed E-state index contributed by atoms with van der Waals surface area (Å²) in [4.78, 5) is 16.5. The zero-order valence-corrected chi connectivity index (χ0v) is 12.7. The van der Waals surface area contributed by atoms with Crippen LogP contribution in [0.4, 0.5) is 13.9 Å². The van der Waals surface area contributed by atoms with Crippen LogP contribution in [0.3, 0.4) is 0 Å². The first-order valence-electron chi connectivity index (χ1n) is 6.73. The van der Waals surface area contributed by atoms with Crippen molar-refractivity contribution in [1.29, 1.82) is 0 Å². The summed E-state index contributed by atoms with van der Waals surface area (Å²) in [6.07, 6.45) is 1.22. The quantitative estimate of drug-likeness (QED) is 0.890. The first kappa shape index (κ1) is 15.8. The van der Waals surface area contributed by atoms with E-state index in [-0.39, 0.29) is 12.5 Å². The van der Waals surface area contributed by atoms with Crippen molar-refractivity contribution in [3.63, 3.8) is 0 Å². The summed E-state index contributed by atoms with van der Waals surface area (Å²) >= 11 is 1.11. The van der Waals surface area contributed by atoms with Crippen molar-refractivity contribution in [3.8, 4) is 0 Å². The molecule has 0 atom stereocenters. The molecule has 0 bridgehead atoms. The van der Waals surface area contributed by atoms with E-state index in [2.05, 4.69) is 10.3 Å². The second-order valence-electron chi connectivity index (χ2n) is 4.90. The molecule has 0 spiro atoms. The van der Waals surface area contributed by atoms with Gasteiger partial charge in [-0.2, -0.15) is 0 Å². The number of hydrogen-bond donors (Lipinski definition) is 2. The average molecular weight is 313 g/mol. The molecule has 7 heteroatoms. The van der Waals surface area contributed by atoms with Crippen molar-refractivity contribution in [2.24, 2.45) is 11.1 Å². The molecule has 0 saturated carbocycles. The summed E-state index contributed by atoms with van der Waals surface area (Å²) in [5, 5.41) is 3.03. The highest BCUT2D eigenvalue weighted by molar-refractivity contribution is 7.22. The van der Waals surface area contributed by atoms with Gasteiger partial charge in [-0.15, -0.1) is 0 Å². The Morgan fingerprint density at radius 2 is 1.95 bits per heavy atom. The predicted molar refractivity (Wildman–Crippen MR) is 80.2 cm³/mol. The lowest BCUT2D eigenvalue weighted by molar-refractivity contribution is -0.125. The highest BCUT2D eigenvalue weighted by Crippen LogP contribution is 2.31. The van der Waals surface area contributed by atoms with Crippen LogP contribution in [0, 0.1) is 17.0 Å². The number of carbonyl (C=O) groups is 1. The number of amides is 1. The van der Waals surface area contributed by atoms with E-state index in [0.29, 0.717) is 28.2 Å². The minimum atomic E-state index is -0.955. The third-order valence-electron chi connectivity index (χ3n) is 3.88. The van der Waals surface area contributed by atoms with E-state index in [4.69, 9.17) is 5.73 Å². The lowest BCUT2D eigenvalue weighted by Crippen LogP contribution is -2.41. The van der Waals surface area contributed by atoms with Gasteiger partial charge >= 0.3 is 0 Å². The van der Waals surface area contributed by atoms with E-state index in [0.717, 1.165) is 23.5 Å². The molecule has 1 amide bonds. The van der Waals surface area contributed by atoms with Gasteiger partial charge in [0.2, 0.25) is 5.91 Å². The third kappa shape index (κ3) is 2.89. The highest BCUT2D eigenvalue weighted by atomic mass is 32.1. The molecule has 2 aromatic rings. The highest BCUT2D eigenvalue weighted by Gasteiger charge is 2.33. The first-order chi connectivity index (χ1) is 9.95. The van der Waals surface area contributed by atoms with Crippen molar-refractivity contribution in [1.82, 2.24) is 4.98 Å². The Kier molecular flexibility index (Phi) is 4.53. The topological polar surface area (TPSA) is 68.0 Å². The van der Waals surface area contributed by atoms with Gasteiger partial charge in [-0.3, -0.25) is 4.79 Å². The molecule has 1 aromatic carbocycles. The number of nitrogens with zero attached hydrogens (tertiary/aromatic N) is 1. The normalized spacial score (nSPS) is 11.9. The Hall–Kier alpha value is -1.60. The molecule has 0 aliphatic rings. The van der Waals surface area contributed by atoms with Crippen LogP contribution < -0.4 is 11.1 Å². The molecule has 114 valence electrons. The van der Waals surface area contributed by atoms with Gasteiger partial charge in [0.15, 0.2) is 16.8 Å². The van der Waals surface area contributed by atoms with Crippen LogP contribution in [0.5, 0.6) is 0 Å². The Morgan fingerprint density at radius 1 is 1.33 bits per heavy atom. The number of benzene rings is 1. The maximum Gasteiger partial charge on any atom is 0.233 e. The zero-order valence-electron chi connectivity index (χ0n) is 11.9. The Morgan fingerprint density at radius 3 is 2.52 bits per heavy atom. The van der Waals surface area contributed by atoms with Gasteiger partial charge in [-0.05, 0) is 18.9 Å². The molecule has 0 aliphatic heterocycles. The molecule has 0 aliphatic carbocycles. The molecule has 21 heavy (non-hydrogen) atoms. The molecule has 0 radical (unpaired) electrons. The van der Waals surface area contributed by atoms with Gasteiger partial charge in [0, 0.05) is 12.6 Å². The first-order valence-corrected chi connectivity index (χ1v) is 7.54. The maximum atomic E-state index is 13.2. The molecular weight excluding hydrogens is 296 g/mol. The van der Waals surface area contributed by atoms with Crippen LogP contribution >= 0.6 is 11.3 Å². The number of carbonyl (C=O) groups excluding carboxylic acids is 1. The van der Waals surface area contributed by atoms with Gasteiger partial charge in [-0.25, -0.2) is 13.8 Å². The van der Waals surface area contributed by atoms with Crippen molar-refractivity contribution >= 4 is 32.6 Å². The lowest BCUT2D eigenvalue weighted by Gasteiger charge is -2.27. The zero-order chi connectivity index (χ0) is 15.6. The van der Waals surface area contributed by atoms with E-state index >= 15 is 0 Å². The summed E-state index contributed by atoms with van der Waals surface area (Å²) < 4.78 is 26.8. The molecule has 0 fully saturated rings. The summed E-state index contributed by atoms with van der Waals surface area (Å²) in [6, 6.07) is 2.10. The lowest BCUT2D eigenvalue weighted by atomic mass is 9.81. The number of anilines is 1. The summed E-state index contributed by atoms with van der Waals surface area (Å²) in [5.41, 5.74) is 5.40. The number of hydrogen-bond acceptors (Lipinski definition) is 4. The average Bonchev–Trinajstić information content (AvgIpc) is 2.83. The van der Waals surface area contributed by atoms with E-state index in [1.807, 2.05) is 13.8 Å². The fraction of sp³-hybridized carbons (Fsp3) is 0.429.